The molecular weight excluding hydrogens is 449 g/mol. The minimum Gasteiger partial charge on any atom is -0.493 e. The largest absolute Gasteiger partial charge is 0.493 e. The first-order valence-corrected chi connectivity index (χ1v) is 10.2. The summed E-state index contributed by atoms with van der Waals surface area (Å²) >= 11 is 6.01. The van der Waals surface area contributed by atoms with Crippen molar-refractivity contribution in [2.75, 3.05) is 13.2 Å². The van der Waals surface area contributed by atoms with Gasteiger partial charge in [0, 0.05) is 18.4 Å². The summed E-state index contributed by atoms with van der Waals surface area (Å²) in [7, 11) is 0. The molecule has 0 spiro atoms. The molecule has 0 saturated carbocycles. The topological polar surface area (TPSA) is 65.0 Å². The van der Waals surface area contributed by atoms with Crippen LogP contribution in [0.5, 0.6) is 17.2 Å². The van der Waals surface area contributed by atoms with Crippen LogP contribution in [0.25, 0.3) is 0 Å². The number of rotatable bonds is 9. The van der Waals surface area contributed by atoms with Crippen LogP contribution in [-0.2, 0) is 17.6 Å². The number of carboxylic acids is 1. The molecule has 172 valence electrons. The fraction of sp³-hybridized carbons (Fsp3) is 0.348. The Labute approximate surface area is 188 Å². The lowest BCUT2D eigenvalue weighted by Gasteiger charge is -2.23. The Morgan fingerprint density at radius 1 is 1.22 bits per heavy atom. The molecule has 2 aromatic rings. The lowest BCUT2D eigenvalue weighted by atomic mass is 9.91. The van der Waals surface area contributed by atoms with Gasteiger partial charge in [-0.05, 0) is 48.4 Å². The number of alkyl halides is 3. The second-order valence-corrected chi connectivity index (χ2v) is 7.98. The number of aliphatic carboxylic acids is 1. The molecule has 1 atom stereocenters. The summed E-state index contributed by atoms with van der Waals surface area (Å²) in [5, 5.41) is 9.68. The molecule has 0 unspecified atom stereocenters. The quantitative estimate of drug-likeness (QED) is 0.380. The van der Waals surface area contributed by atoms with Crippen molar-refractivity contribution in [2.45, 2.75) is 38.0 Å². The van der Waals surface area contributed by atoms with Crippen LogP contribution in [0, 0.1) is 0 Å². The van der Waals surface area contributed by atoms with Gasteiger partial charge in [0.05, 0.1) is 24.7 Å². The summed E-state index contributed by atoms with van der Waals surface area (Å²) in [5.74, 6) is 0.252. The maximum Gasteiger partial charge on any atom is 0.393 e. The molecule has 0 aliphatic carbocycles. The van der Waals surface area contributed by atoms with E-state index in [4.69, 9.17) is 25.8 Å². The van der Waals surface area contributed by atoms with Crippen LogP contribution in [0.4, 0.5) is 13.2 Å². The van der Waals surface area contributed by atoms with Crippen LogP contribution in [0.2, 0.25) is 5.02 Å². The third-order valence-electron chi connectivity index (χ3n) is 5.01. The summed E-state index contributed by atoms with van der Waals surface area (Å²) in [6, 6.07) is 9.08. The van der Waals surface area contributed by atoms with E-state index in [9.17, 15) is 23.1 Å². The Morgan fingerprint density at radius 3 is 2.56 bits per heavy atom. The van der Waals surface area contributed by atoms with Crippen molar-refractivity contribution >= 4 is 17.6 Å². The Morgan fingerprint density at radius 2 is 1.94 bits per heavy atom. The van der Waals surface area contributed by atoms with Crippen LogP contribution in [0.3, 0.4) is 0 Å². The second-order valence-electron chi connectivity index (χ2n) is 7.57. The number of ether oxygens (including phenoxy) is 3. The maximum atomic E-state index is 12.5. The number of carboxylic acid groups (broad SMARTS) is 1. The van der Waals surface area contributed by atoms with Gasteiger partial charge in [-0.15, -0.1) is 0 Å². The van der Waals surface area contributed by atoms with E-state index in [0.29, 0.717) is 35.8 Å². The van der Waals surface area contributed by atoms with Crippen molar-refractivity contribution in [1.82, 2.24) is 0 Å². The van der Waals surface area contributed by atoms with Crippen LogP contribution < -0.4 is 14.2 Å². The highest BCUT2D eigenvalue weighted by Crippen LogP contribution is 2.40. The molecular formula is C23H22ClF3O5. The van der Waals surface area contributed by atoms with Gasteiger partial charge in [0.25, 0.3) is 0 Å². The number of hydrogen-bond donors (Lipinski definition) is 1. The molecule has 0 fully saturated rings. The van der Waals surface area contributed by atoms with Gasteiger partial charge in [0.15, 0.2) is 0 Å². The number of fused-ring (bicyclic) bond motifs is 1. The molecule has 32 heavy (non-hydrogen) atoms. The lowest BCUT2D eigenvalue weighted by molar-refractivity contribution is -0.150. The molecule has 1 aliphatic rings. The Bertz CT molecular complexity index is 1010. The van der Waals surface area contributed by atoms with E-state index < -0.39 is 24.2 Å². The number of carbonyl (C=O) groups is 1. The molecule has 0 saturated heterocycles. The molecule has 0 amide bonds. The van der Waals surface area contributed by atoms with Crippen LogP contribution in [-0.4, -0.2) is 36.1 Å². The fourth-order valence-electron chi connectivity index (χ4n) is 3.35. The van der Waals surface area contributed by atoms with Crippen molar-refractivity contribution in [1.29, 1.82) is 0 Å². The highest BCUT2D eigenvalue weighted by Gasteiger charge is 2.47. The van der Waals surface area contributed by atoms with Gasteiger partial charge in [-0.25, -0.2) is 4.79 Å². The number of hydrogen-bond acceptors (Lipinski definition) is 4. The molecule has 1 N–H and O–H groups in total. The Hall–Kier alpha value is -2.87. The molecule has 3 rings (SSSR count). The van der Waals surface area contributed by atoms with E-state index in [2.05, 4.69) is 6.58 Å². The van der Waals surface area contributed by atoms with E-state index in [1.54, 1.807) is 25.1 Å². The van der Waals surface area contributed by atoms with E-state index in [1.807, 2.05) is 0 Å². The first-order valence-electron chi connectivity index (χ1n) is 9.82. The van der Waals surface area contributed by atoms with E-state index >= 15 is 0 Å². The predicted octanol–water partition coefficient (Wildman–Crippen LogP) is 5.63. The average Bonchev–Trinajstić information content (AvgIpc) is 3.08. The van der Waals surface area contributed by atoms with E-state index in [-0.39, 0.29) is 23.6 Å². The van der Waals surface area contributed by atoms with Gasteiger partial charge < -0.3 is 19.3 Å². The van der Waals surface area contributed by atoms with Crippen molar-refractivity contribution in [3.63, 3.8) is 0 Å². The monoisotopic (exact) mass is 470 g/mol. The fourth-order valence-corrected chi connectivity index (χ4v) is 3.61. The first kappa shape index (κ1) is 23.8. The average molecular weight is 471 g/mol. The highest BCUT2D eigenvalue weighted by molar-refractivity contribution is 6.32. The zero-order valence-electron chi connectivity index (χ0n) is 17.3. The van der Waals surface area contributed by atoms with Gasteiger partial charge in [-0.2, -0.15) is 13.2 Å². The molecule has 5 nitrogen and oxygen atoms in total. The highest BCUT2D eigenvalue weighted by atomic mass is 35.5. The third-order valence-corrected chi connectivity index (χ3v) is 5.30. The van der Waals surface area contributed by atoms with Crippen LogP contribution in [0.1, 0.15) is 24.5 Å². The van der Waals surface area contributed by atoms with E-state index in [1.165, 1.54) is 18.2 Å². The lowest BCUT2D eigenvalue weighted by Crippen LogP contribution is -2.44. The minimum atomic E-state index is -4.30. The van der Waals surface area contributed by atoms with Gasteiger partial charge in [0.1, 0.15) is 17.2 Å². The summed E-state index contributed by atoms with van der Waals surface area (Å²) < 4.78 is 54.3. The summed E-state index contributed by atoms with van der Waals surface area (Å²) in [5.41, 5.74) is -0.276. The van der Waals surface area contributed by atoms with Crippen molar-refractivity contribution < 1.29 is 37.3 Å². The summed E-state index contributed by atoms with van der Waals surface area (Å²) in [6.45, 7) is 5.93. The molecule has 1 heterocycles. The van der Waals surface area contributed by atoms with E-state index in [0.717, 1.165) is 5.56 Å². The van der Waals surface area contributed by atoms with Gasteiger partial charge in [-0.3, -0.25) is 0 Å². The van der Waals surface area contributed by atoms with Gasteiger partial charge >= 0.3 is 12.1 Å². The smallest absolute Gasteiger partial charge is 0.393 e. The van der Waals surface area contributed by atoms with Crippen LogP contribution >= 0.6 is 11.6 Å². The maximum absolute atomic E-state index is 12.5. The molecule has 0 bridgehead atoms. The van der Waals surface area contributed by atoms with Crippen molar-refractivity contribution in [2.24, 2.45) is 0 Å². The first-order chi connectivity index (χ1) is 15.0. The molecule has 9 heteroatoms. The summed E-state index contributed by atoms with van der Waals surface area (Å²) in [6.07, 6.45) is -4.69. The molecule has 2 aromatic carbocycles. The second kappa shape index (κ2) is 9.32. The third kappa shape index (κ3) is 5.48. The standard InChI is InChI=1S/C23H22ClF3O5/c1-14(2)22(21(28)29)13-16-11-17(5-7-19(16)32-22)30-8-3-9-31-20-6-4-15(10-18(20)24)12-23(25,26)27/h4-7,10-11H,1,3,8-9,12-13H2,2H3,(H,28,29)/t22-/m1/s1. The Kier molecular flexibility index (Phi) is 6.93. The molecule has 1 aliphatic heterocycles. The Balaban J connectivity index is 1.49. The zero-order chi connectivity index (χ0) is 23.5. The normalized spacial score (nSPS) is 17.4. The van der Waals surface area contributed by atoms with Crippen molar-refractivity contribution in [3.8, 4) is 17.2 Å². The van der Waals surface area contributed by atoms with Crippen LogP contribution in [0.15, 0.2) is 48.6 Å². The number of benzene rings is 2. The predicted molar refractivity (Wildman–Crippen MR) is 113 cm³/mol. The zero-order valence-corrected chi connectivity index (χ0v) is 18.1. The van der Waals surface area contributed by atoms with Gasteiger partial charge in [0.2, 0.25) is 5.60 Å². The minimum absolute atomic E-state index is 0.0670. The SMILES string of the molecule is C=C(C)[C@@]1(C(=O)O)Cc2cc(OCCCOc3ccc(CC(F)(F)F)cc3Cl)ccc2O1. The molecule has 0 radical (unpaired) electrons. The molecule has 0 aromatic heterocycles. The summed E-state index contributed by atoms with van der Waals surface area (Å²) in [4.78, 5) is 11.7. The number of halogens is 4. The van der Waals surface area contributed by atoms with Crippen molar-refractivity contribution in [3.05, 3.63) is 64.7 Å². The van der Waals surface area contributed by atoms with Gasteiger partial charge in [-0.1, -0.05) is 24.2 Å².